The van der Waals surface area contributed by atoms with Gasteiger partial charge in [0.1, 0.15) is 0 Å². The van der Waals surface area contributed by atoms with E-state index in [4.69, 9.17) is 5.11 Å². The van der Waals surface area contributed by atoms with Gasteiger partial charge in [0.15, 0.2) is 0 Å². The second-order valence-electron chi connectivity index (χ2n) is 5.30. The van der Waals surface area contributed by atoms with Crippen molar-refractivity contribution in [2.45, 2.75) is 12.3 Å². The van der Waals surface area contributed by atoms with Gasteiger partial charge in [-0.05, 0) is 30.3 Å². The molecule has 4 N–H and O–H groups in total. The molecule has 1 amide bonds. The Bertz CT molecular complexity index is 735. The van der Waals surface area contributed by atoms with E-state index in [9.17, 15) is 23.1 Å². The summed E-state index contributed by atoms with van der Waals surface area (Å²) in [4.78, 5) is 12.4. The zero-order valence-corrected chi connectivity index (χ0v) is 13.0. The van der Waals surface area contributed by atoms with Crippen LogP contribution in [0.5, 0.6) is 0 Å². The first-order valence-electron chi connectivity index (χ1n) is 7.41. The fourth-order valence-corrected chi connectivity index (χ4v) is 2.10. The highest BCUT2D eigenvalue weighted by atomic mass is 19.4. The first-order valence-corrected chi connectivity index (χ1v) is 7.41. The van der Waals surface area contributed by atoms with Gasteiger partial charge in [-0.3, -0.25) is 4.79 Å². The van der Waals surface area contributed by atoms with E-state index in [1.165, 1.54) is 18.2 Å². The van der Waals surface area contributed by atoms with Gasteiger partial charge < -0.3 is 20.8 Å². The summed E-state index contributed by atoms with van der Waals surface area (Å²) in [7, 11) is 0. The van der Waals surface area contributed by atoms with Crippen molar-refractivity contribution in [1.29, 1.82) is 0 Å². The zero-order valence-electron chi connectivity index (χ0n) is 13.0. The Labute approximate surface area is 142 Å². The Balaban J connectivity index is 2.16. The zero-order chi connectivity index (χ0) is 18.4. The van der Waals surface area contributed by atoms with E-state index in [2.05, 4.69) is 10.6 Å². The molecule has 134 valence electrons. The molecule has 2 aromatic rings. The molecule has 0 saturated heterocycles. The molecule has 5 nitrogen and oxygen atoms in total. The summed E-state index contributed by atoms with van der Waals surface area (Å²) in [6.45, 7) is -0.421. The summed E-state index contributed by atoms with van der Waals surface area (Å²) in [6, 6.07) is 10.7. The number of hydrogen-bond acceptors (Lipinski definition) is 4. The van der Waals surface area contributed by atoms with E-state index >= 15 is 0 Å². The van der Waals surface area contributed by atoms with Crippen LogP contribution in [0.1, 0.15) is 15.9 Å². The summed E-state index contributed by atoms with van der Waals surface area (Å²) in [5, 5.41) is 23.4. The molecule has 2 aromatic carbocycles. The lowest BCUT2D eigenvalue weighted by molar-refractivity contribution is -0.137. The number of alkyl halides is 3. The van der Waals surface area contributed by atoms with Gasteiger partial charge in [0.2, 0.25) is 0 Å². The van der Waals surface area contributed by atoms with E-state index in [1.54, 1.807) is 18.2 Å². The number of aliphatic hydroxyl groups is 2. The molecule has 1 atom stereocenters. The lowest BCUT2D eigenvalue weighted by Crippen LogP contribution is -2.24. The topological polar surface area (TPSA) is 81.6 Å². The van der Waals surface area contributed by atoms with Gasteiger partial charge in [0.05, 0.1) is 23.8 Å². The van der Waals surface area contributed by atoms with Crippen LogP contribution >= 0.6 is 0 Å². The quantitative estimate of drug-likeness (QED) is 0.643. The fraction of sp³-hybridized carbons (Fsp3) is 0.235. The number of para-hydroxylation sites is 1. The SMILES string of the molecule is O=C(Nc1cccc(C(F)(F)F)c1)c1ccccc1NCC(O)CO. The van der Waals surface area contributed by atoms with Crippen molar-refractivity contribution >= 4 is 17.3 Å². The van der Waals surface area contributed by atoms with Crippen molar-refractivity contribution < 1.29 is 28.2 Å². The molecule has 8 heteroatoms. The lowest BCUT2D eigenvalue weighted by atomic mass is 10.1. The molecule has 2 rings (SSSR count). The molecule has 0 aliphatic carbocycles. The minimum atomic E-state index is -4.50. The highest BCUT2D eigenvalue weighted by molar-refractivity contribution is 6.08. The number of halogens is 3. The molecule has 0 radical (unpaired) electrons. The predicted octanol–water partition coefficient (Wildman–Crippen LogP) is 2.72. The number of aliphatic hydroxyl groups excluding tert-OH is 2. The van der Waals surface area contributed by atoms with Gasteiger partial charge in [0, 0.05) is 17.9 Å². The van der Waals surface area contributed by atoms with Crippen LogP contribution in [0, 0.1) is 0 Å². The van der Waals surface area contributed by atoms with Crippen LogP contribution < -0.4 is 10.6 Å². The number of benzene rings is 2. The third-order valence-corrected chi connectivity index (χ3v) is 3.36. The summed E-state index contributed by atoms with van der Waals surface area (Å²) in [5.74, 6) is -0.596. The molecule has 0 aliphatic heterocycles. The smallest absolute Gasteiger partial charge is 0.394 e. The maximum atomic E-state index is 12.7. The van der Waals surface area contributed by atoms with Crippen molar-refractivity contribution in [3.05, 3.63) is 59.7 Å². The molecule has 0 heterocycles. The summed E-state index contributed by atoms with van der Waals surface area (Å²) >= 11 is 0. The Morgan fingerprint density at radius 1 is 1.12 bits per heavy atom. The molecular formula is C17H17F3N2O3. The molecule has 0 aromatic heterocycles. The van der Waals surface area contributed by atoms with Gasteiger partial charge in [-0.2, -0.15) is 13.2 Å². The first kappa shape index (κ1) is 18.8. The van der Waals surface area contributed by atoms with Gasteiger partial charge in [0.25, 0.3) is 5.91 Å². The van der Waals surface area contributed by atoms with Crippen molar-refractivity contribution in [1.82, 2.24) is 0 Å². The Kier molecular flexibility index (Phi) is 6.00. The number of rotatable bonds is 6. The second kappa shape index (κ2) is 8.00. The highest BCUT2D eigenvalue weighted by Gasteiger charge is 2.30. The molecule has 0 fully saturated rings. The Morgan fingerprint density at radius 2 is 1.84 bits per heavy atom. The van der Waals surface area contributed by atoms with Crippen LogP contribution in [-0.4, -0.2) is 35.4 Å². The van der Waals surface area contributed by atoms with Gasteiger partial charge in [-0.1, -0.05) is 18.2 Å². The van der Waals surface area contributed by atoms with Crippen molar-refractivity contribution in [2.75, 3.05) is 23.8 Å². The van der Waals surface area contributed by atoms with Crippen molar-refractivity contribution in [3.8, 4) is 0 Å². The lowest BCUT2D eigenvalue weighted by Gasteiger charge is -2.14. The number of carbonyl (C=O) groups excluding carboxylic acids is 1. The molecule has 0 bridgehead atoms. The minimum absolute atomic E-state index is 0.0182. The van der Waals surface area contributed by atoms with E-state index in [0.29, 0.717) is 5.69 Å². The monoisotopic (exact) mass is 354 g/mol. The van der Waals surface area contributed by atoms with Crippen molar-refractivity contribution in [2.24, 2.45) is 0 Å². The second-order valence-corrected chi connectivity index (χ2v) is 5.30. The third kappa shape index (κ3) is 5.20. The number of hydrogen-bond donors (Lipinski definition) is 4. The largest absolute Gasteiger partial charge is 0.416 e. The average molecular weight is 354 g/mol. The normalized spacial score (nSPS) is 12.5. The summed E-state index contributed by atoms with van der Waals surface area (Å²) < 4.78 is 38.2. The number of amides is 1. The average Bonchev–Trinajstić information content (AvgIpc) is 2.59. The van der Waals surface area contributed by atoms with Gasteiger partial charge >= 0.3 is 6.18 Å². The maximum absolute atomic E-state index is 12.7. The molecule has 25 heavy (non-hydrogen) atoms. The van der Waals surface area contributed by atoms with Crippen LogP contribution in [-0.2, 0) is 6.18 Å². The number of anilines is 2. The predicted molar refractivity (Wildman–Crippen MR) is 87.4 cm³/mol. The van der Waals surface area contributed by atoms with Crippen LogP contribution in [0.3, 0.4) is 0 Å². The van der Waals surface area contributed by atoms with Crippen LogP contribution in [0.15, 0.2) is 48.5 Å². The van der Waals surface area contributed by atoms with Gasteiger partial charge in [-0.25, -0.2) is 0 Å². The fourth-order valence-electron chi connectivity index (χ4n) is 2.10. The molecule has 1 unspecified atom stereocenters. The maximum Gasteiger partial charge on any atom is 0.416 e. The highest BCUT2D eigenvalue weighted by Crippen LogP contribution is 2.30. The van der Waals surface area contributed by atoms with E-state index in [-0.39, 0.29) is 17.8 Å². The Hall–Kier alpha value is -2.58. The minimum Gasteiger partial charge on any atom is -0.394 e. The first-order chi connectivity index (χ1) is 11.8. The van der Waals surface area contributed by atoms with E-state index in [0.717, 1.165) is 12.1 Å². The Morgan fingerprint density at radius 3 is 2.52 bits per heavy atom. The standard InChI is InChI=1S/C17H17F3N2O3/c18-17(19,20)11-4-3-5-12(8-11)22-16(25)14-6-1-2-7-15(14)21-9-13(24)10-23/h1-8,13,21,23-24H,9-10H2,(H,22,25). The molecular weight excluding hydrogens is 337 g/mol. The van der Waals surface area contributed by atoms with Crippen LogP contribution in [0.2, 0.25) is 0 Å². The number of nitrogens with one attached hydrogen (secondary N) is 2. The molecule has 0 saturated carbocycles. The van der Waals surface area contributed by atoms with Gasteiger partial charge in [-0.15, -0.1) is 0 Å². The van der Waals surface area contributed by atoms with E-state index in [1.807, 2.05) is 0 Å². The van der Waals surface area contributed by atoms with Crippen LogP contribution in [0.4, 0.5) is 24.5 Å². The summed E-state index contributed by atoms with van der Waals surface area (Å²) in [6.07, 6.45) is -5.50. The van der Waals surface area contributed by atoms with Crippen molar-refractivity contribution in [3.63, 3.8) is 0 Å². The van der Waals surface area contributed by atoms with Crippen LogP contribution in [0.25, 0.3) is 0 Å². The third-order valence-electron chi connectivity index (χ3n) is 3.36. The van der Waals surface area contributed by atoms with E-state index < -0.39 is 30.4 Å². The summed E-state index contributed by atoms with van der Waals surface area (Å²) in [5.41, 5.74) is -0.252. The number of carbonyl (C=O) groups is 1. The molecule has 0 aliphatic rings. The molecule has 0 spiro atoms.